The van der Waals surface area contributed by atoms with E-state index in [0.717, 1.165) is 10.2 Å². The highest BCUT2D eigenvalue weighted by atomic mass is 32.1. The Morgan fingerprint density at radius 1 is 1.17 bits per heavy atom. The molecule has 2 amide bonds. The van der Waals surface area contributed by atoms with Crippen LogP contribution in [0.4, 0.5) is 0 Å². The number of nitrogens with zero attached hydrogens (tertiary/aromatic N) is 2. The number of furan rings is 1. The van der Waals surface area contributed by atoms with Crippen molar-refractivity contribution in [1.29, 1.82) is 0 Å². The predicted octanol–water partition coefficient (Wildman–Crippen LogP) is 2.70. The molecule has 2 heterocycles. The zero-order chi connectivity index (χ0) is 20.8. The third-order valence-electron chi connectivity index (χ3n) is 4.08. The van der Waals surface area contributed by atoms with Gasteiger partial charge in [-0.3, -0.25) is 9.59 Å². The molecular formula is C20H21N3O5S. The number of amides is 2. The highest BCUT2D eigenvalue weighted by Crippen LogP contribution is 2.31. The van der Waals surface area contributed by atoms with Gasteiger partial charge in [0.1, 0.15) is 0 Å². The Labute approximate surface area is 171 Å². The quantitative estimate of drug-likeness (QED) is 0.568. The smallest absolute Gasteiger partial charge is 0.374 e. The molecule has 152 valence electrons. The fourth-order valence-corrected chi connectivity index (χ4v) is 3.56. The van der Waals surface area contributed by atoms with Gasteiger partial charge in [-0.1, -0.05) is 12.1 Å². The molecule has 2 aromatic heterocycles. The number of carbonyl (C=O) groups excluding carboxylic acids is 3. The molecule has 3 aromatic rings. The summed E-state index contributed by atoms with van der Waals surface area (Å²) in [4.78, 5) is 41.9. The number of aromatic nitrogens is 1. The maximum absolute atomic E-state index is 12.2. The van der Waals surface area contributed by atoms with Crippen LogP contribution in [0.1, 0.15) is 24.4 Å². The van der Waals surface area contributed by atoms with E-state index in [1.807, 2.05) is 24.3 Å². The van der Waals surface area contributed by atoms with Crippen LogP contribution in [0.25, 0.3) is 21.0 Å². The largest absolute Gasteiger partial charge is 0.450 e. The number of rotatable bonds is 8. The SMILES string of the molecule is CCNC(=O)CN(CC)C(=O)COC(=O)c1ccc(-c2nc3ccccc3s2)o1. The molecule has 0 aliphatic rings. The zero-order valence-corrected chi connectivity index (χ0v) is 17.0. The minimum absolute atomic E-state index is 0.0150. The van der Waals surface area contributed by atoms with Crippen molar-refractivity contribution < 1.29 is 23.5 Å². The van der Waals surface area contributed by atoms with Crippen LogP contribution in [0.2, 0.25) is 0 Å². The molecule has 0 bridgehead atoms. The lowest BCUT2D eigenvalue weighted by molar-refractivity contribution is -0.138. The van der Waals surface area contributed by atoms with E-state index in [1.165, 1.54) is 22.3 Å². The molecule has 29 heavy (non-hydrogen) atoms. The predicted molar refractivity (Wildman–Crippen MR) is 109 cm³/mol. The van der Waals surface area contributed by atoms with Gasteiger partial charge in [-0.2, -0.15) is 0 Å². The lowest BCUT2D eigenvalue weighted by Crippen LogP contribution is -2.42. The van der Waals surface area contributed by atoms with Crippen LogP contribution in [0.15, 0.2) is 40.8 Å². The van der Waals surface area contributed by atoms with E-state index < -0.39 is 18.5 Å². The second kappa shape index (κ2) is 9.33. The summed E-state index contributed by atoms with van der Waals surface area (Å²) in [5, 5.41) is 3.28. The van der Waals surface area contributed by atoms with Gasteiger partial charge in [0.25, 0.3) is 5.91 Å². The Kier molecular flexibility index (Phi) is 6.61. The number of thiazole rings is 1. The van der Waals surface area contributed by atoms with Gasteiger partial charge < -0.3 is 19.4 Å². The average molecular weight is 415 g/mol. The van der Waals surface area contributed by atoms with E-state index in [4.69, 9.17) is 9.15 Å². The first-order valence-corrected chi connectivity index (χ1v) is 10.0. The Balaban J connectivity index is 1.60. The molecule has 0 unspecified atom stereocenters. The third kappa shape index (κ3) is 5.00. The van der Waals surface area contributed by atoms with E-state index in [0.29, 0.717) is 23.9 Å². The maximum atomic E-state index is 12.2. The second-order valence-corrected chi connectivity index (χ2v) is 7.12. The summed E-state index contributed by atoms with van der Waals surface area (Å²) in [6.45, 7) is 3.80. The van der Waals surface area contributed by atoms with Crippen molar-refractivity contribution in [2.45, 2.75) is 13.8 Å². The van der Waals surface area contributed by atoms with Crippen LogP contribution in [0.5, 0.6) is 0 Å². The minimum Gasteiger partial charge on any atom is -0.450 e. The number of carbonyl (C=O) groups is 3. The van der Waals surface area contributed by atoms with Crippen molar-refractivity contribution in [2.24, 2.45) is 0 Å². The first-order valence-electron chi connectivity index (χ1n) is 9.19. The molecule has 0 fully saturated rings. The van der Waals surface area contributed by atoms with Crippen molar-refractivity contribution in [3.05, 3.63) is 42.2 Å². The number of likely N-dealkylation sites (N-methyl/N-ethyl adjacent to an activating group) is 2. The monoisotopic (exact) mass is 415 g/mol. The Bertz CT molecular complexity index is 993. The second-order valence-electron chi connectivity index (χ2n) is 6.09. The average Bonchev–Trinajstić information content (AvgIpc) is 3.37. The molecule has 1 N–H and O–H groups in total. The van der Waals surface area contributed by atoms with E-state index in [1.54, 1.807) is 19.9 Å². The number of benzene rings is 1. The Morgan fingerprint density at radius 2 is 1.97 bits per heavy atom. The van der Waals surface area contributed by atoms with Crippen molar-refractivity contribution in [3.8, 4) is 10.8 Å². The van der Waals surface area contributed by atoms with Gasteiger partial charge in [0, 0.05) is 13.1 Å². The topological polar surface area (TPSA) is 102 Å². The van der Waals surface area contributed by atoms with Crippen molar-refractivity contribution in [2.75, 3.05) is 26.2 Å². The van der Waals surface area contributed by atoms with Gasteiger partial charge >= 0.3 is 5.97 Å². The van der Waals surface area contributed by atoms with Crippen LogP contribution < -0.4 is 5.32 Å². The molecule has 0 saturated carbocycles. The number of ether oxygens (including phenoxy) is 1. The van der Waals surface area contributed by atoms with Crippen molar-refractivity contribution in [1.82, 2.24) is 15.2 Å². The van der Waals surface area contributed by atoms with Gasteiger partial charge in [-0.15, -0.1) is 11.3 Å². The van der Waals surface area contributed by atoms with Gasteiger partial charge in [-0.25, -0.2) is 9.78 Å². The lowest BCUT2D eigenvalue weighted by atomic mass is 10.3. The van der Waals surface area contributed by atoms with Gasteiger partial charge in [-0.05, 0) is 38.1 Å². The summed E-state index contributed by atoms with van der Waals surface area (Å²) in [6.07, 6.45) is 0. The molecule has 9 heteroatoms. The minimum atomic E-state index is -0.750. The molecule has 0 radical (unpaired) electrons. The highest BCUT2D eigenvalue weighted by Gasteiger charge is 2.20. The number of para-hydroxylation sites is 1. The summed E-state index contributed by atoms with van der Waals surface area (Å²) in [6, 6.07) is 10.8. The van der Waals surface area contributed by atoms with E-state index in [-0.39, 0.29) is 18.2 Å². The zero-order valence-electron chi connectivity index (χ0n) is 16.1. The summed E-state index contributed by atoms with van der Waals surface area (Å²) in [5.74, 6) is -1.03. The lowest BCUT2D eigenvalue weighted by Gasteiger charge is -2.19. The molecule has 3 rings (SSSR count). The standard InChI is InChI=1S/C20H21N3O5S/c1-3-21-17(24)11-23(4-2)18(25)12-27-20(26)15-10-9-14(28-15)19-22-13-7-5-6-8-16(13)29-19/h5-10H,3-4,11-12H2,1-2H3,(H,21,24). The Hall–Kier alpha value is -3.20. The Morgan fingerprint density at radius 3 is 2.69 bits per heavy atom. The number of esters is 1. The van der Waals surface area contributed by atoms with Crippen LogP contribution in [-0.4, -0.2) is 53.9 Å². The number of fused-ring (bicyclic) bond motifs is 1. The first kappa shape index (κ1) is 20.5. The number of hydrogen-bond acceptors (Lipinski definition) is 7. The number of nitrogens with one attached hydrogen (secondary N) is 1. The van der Waals surface area contributed by atoms with Gasteiger partial charge in [0.2, 0.25) is 11.7 Å². The fourth-order valence-electron chi connectivity index (χ4n) is 2.63. The van der Waals surface area contributed by atoms with E-state index in [2.05, 4.69) is 10.3 Å². The molecule has 0 aliphatic carbocycles. The third-order valence-corrected chi connectivity index (χ3v) is 5.13. The first-order chi connectivity index (χ1) is 14.0. The molecular weight excluding hydrogens is 394 g/mol. The van der Waals surface area contributed by atoms with E-state index >= 15 is 0 Å². The summed E-state index contributed by atoms with van der Waals surface area (Å²) < 4.78 is 11.6. The summed E-state index contributed by atoms with van der Waals surface area (Å²) in [5.41, 5.74) is 0.852. The highest BCUT2D eigenvalue weighted by molar-refractivity contribution is 7.21. The molecule has 8 nitrogen and oxygen atoms in total. The normalized spacial score (nSPS) is 10.7. The van der Waals surface area contributed by atoms with Crippen molar-refractivity contribution >= 4 is 39.3 Å². The number of hydrogen-bond donors (Lipinski definition) is 1. The molecule has 0 aliphatic heterocycles. The van der Waals surface area contributed by atoms with Gasteiger partial charge in [0.05, 0.1) is 16.8 Å². The van der Waals surface area contributed by atoms with Crippen LogP contribution in [0, 0.1) is 0 Å². The molecule has 0 spiro atoms. The van der Waals surface area contributed by atoms with Crippen LogP contribution in [-0.2, 0) is 14.3 Å². The molecule has 1 aromatic carbocycles. The van der Waals surface area contributed by atoms with E-state index in [9.17, 15) is 14.4 Å². The summed E-state index contributed by atoms with van der Waals surface area (Å²) >= 11 is 1.45. The van der Waals surface area contributed by atoms with Crippen LogP contribution in [0.3, 0.4) is 0 Å². The maximum Gasteiger partial charge on any atom is 0.374 e. The molecule has 0 saturated heterocycles. The molecule has 0 atom stereocenters. The van der Waals surface area contributed by atoms with Gasteiger partial charge in [0.15, 0.2) is 17.4 Å². The van der Waals surface area contributed by atoms with Crippen LogP contribution >= 0.6 is 11.3 Å². The van der Waals surface area contributed by atoms with Crippen molar-refractivity contribution in [3.63, 3.8) is 0 Å². The fraction of sp³-hybridized carbons (Fsp3) is 0.300. The summed E-state index contributed by atoms with van der Waals surface area (Å²) in [7, 11) is 0.